The fourth-order valence-corrected chi connectivity index (χ4v) is 3.00. The Hall–Kier alpha value is -1.65. The molecule has 2 aromatic heterocycles. The van der Waals surface area contributed by atoms with Crippen LogP contribution in [-0.2, 0) is 0 Å². The Morgan fingerprint density at radius 2 is 2.11 bits per heavy atom. The van der Waals surface area contributed by atoms with Gasteiger partial charge in [0.1, 0.15) is 5.82 Å². The summed E-state index contributed by atoms with van der Waals surface area (Å²) in [5.74, 6) is 3.19. The highest BCUT2D eigenvalue weighted by Gasteiger charge is 2.27. The van der Waals surface area contributed by atoms with Gasteiger partial charge in [-0.05, 0) is 25.2 Å². The number of nitrogens with zero attached hydrogens (tertiary/aromatic N) is 4. The van der Waals surface area contributed by atoms with Gasteiger partial charge in [0.15, 0.2) is 5.82 Å². The van der Waals surface area contributed by atoms with Gasteiger partial charge in [-0.3, -0.25) is 4.40 Å². The average Bonchev–Trinajstić information content (AvgIpc) is 2.78. The lowest BCUT2D eigenvalue weighted by atomic mass is 9.78. The topological polar surface area (TPSA) is 55.1 Å². The third-order valence-corrected chi connectivity index (χ3v) is 4.53. The average molecular weight is 259 g/mol. The quantitative estimate of drug-likeness (QED) is 0.901. The summed E-state index contributed by atoms with van der Waals surface area (Å²) in [4.78, 5) is 4.44. The summed E-state index contributed by atoms with van der Waals surface area (Å²) >= 11 is 0. The number of aromatic nitrogens is 4. The van der Waals surface area contributed by atoms with E-state index in [1.54, 1.807) is 0 Å². The molecule has 2 aromatic rings. The summed E-state index contributed by atoms with van der Waals surface area (Å²) < 4.78 is 1.98. The minimum absolute atomic E-state index is 0.486. The van der Waals surface area contributed by atoms with Gasteiger partial charge in [0, 0.05) is 18.4 Å². The second kappa shape index (κ2) is 4.79. The van der Waals surface area contributed by atoms with Crippen molar-refractivity contribution in [3.63, 3.8) is 0 Å². The van der Waals surface area contributed by atoms with E-state index in [-0.39, 0.29) is 0 Å². The summed E-state index contributed by atoms with van der Waals surface area (Å²) in [6.07, 6.45) is 7.55. The maximum absolute atomic E-state index is 4.44. The van der Waals surface area contributed by atoms with Crippen molar-refractivity contribution in [3.8, 4) is 0 Å². The molecule has 0 aromatic carbocycles. The van der Waals surface area contributed by atoms with Crippen LogP contribution in [0.5, 0.6) is 0 Å². The summed E-state index contributed by atoms with van der Waals surface area (Å²) in [6, 6.07) is 0.486. The largest absolute Gasteiger partial charge is 0.364 e. The van der Waals surface area contributed by atoms with Crippen LogP contribution in [0, 0.1) is 18.8 Å². The molecule has 0 amide bonds. The van der Waals surface area contributed by atoms with E-state index in [4.69, 9.17) is 0 Å². The predicted octanol–water partition coefficient (Wildman–Crippen LogP) is 2.67. The molecular formula is C14H21N5. The van der Waals surface area contributed by atoms with Crippen LogP contribution in [0.25, 0.3) is 5.65 Å². The van der Waals surface area contributed by atoms with Gasteiger partial charge < -0.3 is 5.32 Å². The molecule has 0 aliphatic heterocycles. The maximum atomic E-state index is 4.44. The molecule has 1 saturated carbocycles. The minimum atomic E-state index is 0.486. The molecule has 1 fully saturated rings. The van der Waals surface area contributed by atoms with Crippen LogP contribution in [0.3, 0.4) is 0 Å². The van der Waals surface area contributed by atoms with Gasteiger partial charge >= 0.3 is 0 Å². The number of hydrogen-bond donors (Lipinski definition) is 1. The van der Waals surface area contributed by atoms with Crippen LogP contribution in [0.1, 0.15) is 38.9 Å². The second-order valence-corrected chi connectivity index (χ2v) is 5.73. The SMILES string of the molecule is Cc1nnc2c(NC3CCCC(C)C3C)nccn12. The summed E-state index contributed by atoms with van der Waals surface area (Å²) in [6.45, 7) is 6.62. The van der Waals surface area contributed by atoms with Crippen LogP contribution in [0.2, 0.25) is 0 Å². The van der Waals surface area contributed by atoms with Crippen LogP contribution in [0.15, 0.2) is 12.4 Å². The van der Waals surface area contributed by atoms with E-state index in [9.17, 15) is 0 Å². The monoisotopic (exact) mass is 259 g/mol. The highest BCUT2D eigenvalue weighted by Crippen LogP contribution is 2.31. The van der Waals surface area contributed by atoms with Crippen LogP contribution in [0.4, 0.5) is 5.82 Å². The molecule has 0 radical (unpaired) electrons. The Morgan fingerprint density at radius 3 is 2.95 bits per heavy atom. The lowest BCUT2D eigenvalue weighted by molar-refractivity contribution is 0.253. The molecule has 19 heavy (non-hydrogen) atoms. The number of fused-ring (bicyclic) bond motifs is 1. The maximum Gasteiger partial charge on any atom is 0.203 e. The van der Waals surface area contributed by atoms with Gasteiger partial charge in [-0.15, -0.1) is 10.2 Å². The number of aryl methyl sites for hydroxylation is 1. The minimum Gasteiger partial charge on any atom is -0.364 e. The van der Waals surface area contributed by atoms with Crippen molar-refractivity contribution in [3.05, 3.63) is 18.2 Å². The molecule has 5 heteroatoms. The molecule has 2 heterocycles. The van der Waals surface area contributed by atoms with Gasteiger partial charge in [0.2, 0.25) is 5.65 Å². The number of anilines is 1. The molecule has 0 spiro atoms. The number of nitrogens with one attached hydrogen (secondary N) is 1. The fourth-order valence-electron chi connectivity index (χ4n) is 3.00. The third kappa shape index (κ3) is 2.17. The Labute approximate surface area is 113 Å². The van der Waals surface area contributed by atoms with E-state index in [0.717, 1.165) is 23.2 Å². The molecule has 102 valence electrons. The van der Waals surface area contributed by atoms with Crippen molar-refractivity contribution in [1.29, 1.82) is 0 Å². The smallest absolute Gasteiger partial charge is 0.203 e. The van der Waals surface area contributed by atoms with Crippen molar-refractivity contribution >= 4 is 11.5 Å². The number of hydrogen-bond acceptors (Lipinski definition) is 4. The van der Waals surface area contributed by atoms with Gasteiger partial charge in [-0.2, -0.15) is 0 Å². The molecule has 1 aliphatic rings. The molecule has 0 saturated heterocycles. The van der Waals surface area contributed by atoms with E-state index < -0.39 is 0 Å². The number of rotatable bonds is 2. The standard InChI is InChI=1S/C14H21N5/c1-9-5-4-6-12(10(9)2)16-13-14-18-17-11(3)19(14)8-7-15-13/h7-10,12H,4-6H2,1-3H3,(H,15,16). The van der Waals surface area contributed by atoms with Crippen molar-refractivity contribution in [2.75, 3.05) is 5.32 Å². The van der Waals surface area contributed by atoms with Gasteiger partial charge in [-0.25, -0.2) is 4.98 Å². The zero-order valence-corrected chi connectivity index (χ0v) is 11.8. The van der Waals surface area contributed by atoms with Crippen molar-refractivity contribution in [2.24, 2.45) is 11.8 Å². The van der Waals surface area contributed by atoms with Crippen LogP contribution >= 0.6 is 0 Å². The van der Waals surface area contributed by atoms with E-state index in [0.29, 0.717) is 12.0 Å². The lowest BCUT2D eigenvalue weighted by Gasteiger charge is -2.34. The van der Waals surface area contributed by atoms with Crippen LogP contribution in [-0.4, -0.2) is 25.6 Å². The Morgan fingerprint density at radius 1 is 1.26 bits per heavy atom. The summed E-state index contributed by atoms with van der Waals surface area (Å²) in [5.41, 5.74) is 0.824. The normalized spacial score (nSPS) is 27.6. The molecule has 0 bridgehead atoms. The van der Waals surface area contributed by atoms with E-state index >= 15 is 0 Å². The zero-order valence-electron chi connectivity index (χ0n) is 11.8. The first-order chi connectivity index (χ1) is 9.16. The summed E-state index contributed by atoms with van der Waals surface area (Å²) in [5, 5.41) is 11.9. The zero-order chi connectivity index (χ0) is 13.4. The molecule has 3 atom stereocenters. The Balaban J connectivity index is 1.89. The molecule has 1 aliphatic carbocycles. The van der Waals surface area contributed by atoms with Gasteiger partial charge in [0.25, 0.3) is 0 Å². The molecule has 1 N–H and O–H groups in total. The first-order valence-corrected chi connectivity index (χ1v) is 7.09. The first kappa shape index (κ1) is 12.4. The van der Waals surface area contributed by atoms with Crippen molar-refractivity contribution < 1.29 is 0 Å². The van der Waals surface area contributed by atoms with Crippen molar-refractivity contribution in [1.82, 2.24) is 19.6 Å². The molecular weight excluding hydrogens is 238 g/mol. The van der Waals surface area contributed by atoms with E-state index in [2.05, 4.69) is 34.3 Å². The van der Waals surface area contributed by atoms with Gasteiger partial charge in [0.05, 0.1) is 0 Å². The second-order valence-electron chi connectivity index (χ2n) is 5.73. The Bertz CT molecular complexity index is 576. The van der Waals surface area contributed by atoms with Gasteiger partial charge in [-0.1, -0.05) is 26.7 Å². The highest BCUT2D eigenvalue weighted by atomic mass is 15.3. The highest BCUT2D eigenvalue weighted by molar-refractivity contribution is 5.62. The predicted molar refractivity (Wildman–Crippen MR) is 75.1 cm³/mol. The van der Waals surface area contributed by atoms with E-state index in [1.807, 2.05) is 23.7 Å². The summed E-state index contributed by atoms with van der Waals surface area (Å²) in [7, 11) is 0. The molecule has 3 rings (SSSR count). The Kier molecular flexibility index (Phi) is 3.12. The fraction of sp³-hybridized carbons (Fsp3) is 0.643. The van der Waals surface area contributed by atoms with Crippen molar-refractivity contribution in [2.45, 2.75) is 46.1 Å². The third-order valence-electron chi connectivity index (χ3n) is 4.53. The van der Waals surface area contributed by atoms with Crippen LogP contribution < -0.4 is 5.32 Å². The van der Waals surface area contributed by atoms with E-state index in [1.165, 1.54) is 19.3 Å². The first-order valence-electron chi connectivity index (χ1n) is 7.09. The molecule has 3 unspecified atom stereocenters. The molecule has 5 nitrogen and oxygen atoms in total. The lowest BCUT2D eigenvalue weighted by Crippen LogP contribution is -2.35.